The quantitative estimate of drug-likeness (QED) is 0.422. The van der Waals surface area contributed by atoms with Crippen molar-refractivity contribution in [2.45, 2.75) is 6.92 Å². The van der Waals surface area contributed by atoms with Crippen LogP contribution in [0.4, 0.5) is 5.69 Å². The van der Waals surface area contributed by atoms with Gasteiger partial charge in [-0.2, -0.15) is 0 Å². The Morgan fingerprint density at radius 3 is 2.65 bits per heavy atom. The van der Waals surface area contributed by atoms with E-state index >= 15 is 0 Å². The van der Waals surface area contributed by atoms with E-state index in [0.29, 0.717) is 11.3 Å². The molecule has 0 fully saturated rings. The molecule has 1 aromatic rings. The van der Waals surface area contributed by atoms with Crippen molar-refractivity contribution in [3.8, 4) is 0 Å². The summed E-state index contributed by atoms with van der Waals surface area (Å²) in [6.45, 7) is 1.89. The first-order valence-corrected chi connectivity index (χ1v) is 7.16. The molecule has 0 saturated carbocycles. The van der Waals surface area contributed by atoms with Crippen LogP contribution in [0.2, 0.25) is 0 Å². The molecule has 0 atom stereocenters. The highest BCUT2D eigenvalue weighted by atomic mass is 32.1. The van der Waals surface area contributed by atoms with E-state index in [1.54, 1.807) is 31.2 Å². The molecular formula is C15H17N3O4S. The van der Waals surface area contributed by atoms with Gasteiger partial charge in [0.2, 0.25) is 5.91 Å². The Morgan fingerprint density at radius 2 is 2.00 bits per heavy atom. The molecule has 0 aromatic heterocycles. The molecule has 0 aliphatic carbocycles. The standard InChI is InChI=1S/C15H17N3O4S/c1-3-22-13(20)8-7-12(19)18-15(23)17-11-6-4-5-10(9-11)14(21)16-2/h4-9H,3H2,1-2H3,(H,16,21)(H2,17,18,19,23)/b8-7+. The van der Waals surface area contributed by atoms with Gasteiger partial charge < -0.3 is 15.4 Å². The monoisotopic (exact) mass is 335 g/mol. The third-order valence-corrected chi connectivity index (χ3v) is 2.71. The lowest BCUT2D eigenvalue weighted by Gasteiger charge is -2.09. The minimum absolute atomic E-state index is 0.0394. The van der Waals surface area contributed by atoms with Gasteiger partial charge in [-0.05, 0) is 37.3 Å². The molecule has 8 heteroatoms. The van der Waals surface area contributed by atoms with E-state index in [1.807, 2.05) is 0 Å². The molecule has 0 unspecified atom stereocenters. The molecule has 0 radical (unpaired) electrons. The molecule has 3 N–H and O–H groups in total. The van der Waals surface area contributed by atoms with E-state index < -0.39 is 11.9 Å². The zero-order valence-electron chi connectivity index (χ0n) is 12.7. The van der Waals surface area contributed by atoms with Crippen molar-refractivity contribution in [1.29, 1.82) is 0 Å². The molecule has 1 rings (SSSR count). The lowest BCUT2D eigenvalue weighted by atomic mass is 10.2. The predicted octanol–water partition coefficient (Wildman–Crippen LogP) is 0.978. The largest absolute Gasteiger partial charge is 0.463 e. The Bertz CT molecular complexity index is 643. The normalized spacial score (nSPS) is 10.0. The number of nitrogens with one attached hydrogen (secondary N) is 3. The van der Waals surface area contributed by atoms with E-state index in [9.17, 15) is 14.4 Å². The highest BCUT2D eigenvalue weighted by Crippen LogP contribution is 2.10. The van der Waals surface area contributed by atoms with Crippen molar-refractivity contribution in [2.75, 3.05) is 19.0 Å². The second-order valence-electron chi connectivity index (χ2n) is 4.19. The maximum absolute atomic E-state index is 11.6. The second-order valence-corrected chi connectivity index (χ2v) is 4.60. The fraction of sp³-hybridized carbons (Fsp3) is 0.200. The summed E-state index contributed by atoms with van der Waals surface area (Å²) in [6.07, 6.45) is 2.03. The van der Waals surface area contributed by atoms with Crippen LogP contribution in [0.25, 0.3) is 0 Å². The number of carbonyl (C=O) groups is 3. The van der Waals surface area contributed by atoms with Crippen molar-refractivity contribution in [2.24, 2.45) is 0 Å². The number of rotatable bonds is 5. The first kappa shape index (κ1) is 18.3. The highest BCUT2D eigenvalue weighted by molar-refractivity contribution is 7.80. The number of ether oxygens (including phenoxy) is 1. The van der Waals surface area contributed by atoms with Crippen LogP contribution in [0, 0.1) is 0 Å². The third-order valence-electron chi connectivity index (χ3n) is 2.50. The molecular weight excluding hydrogens is 318 g/mol. The maximum Gasteiger partial charge on any atom is 0.330 e. The van der Waals surface area contributed by atoms with Crippen LogP contribution >= 0.6 is 12.2 Å². The molecule has 1 aromatic carbocycles. The Labute approximate surface area is 139 Å². The lowest BCUT2D eigenvalue weighted by Crippen LogP contribution is -2.33. The zero-order valence-corrected chi connectivity index (χ0v) is 13.5. The third kappa shape index (κ3) is 6.70. The number of esters is 1. The molecule has 7 nitrogen and oxygen atoms in total. The summed E-state index contributed by atoms with van der Waals surface area (Å²) in [4.78, 5) is 34.2. The summed E-state index contributed by atoms with van der Waals surface area (Å²) in [6, 6.07) is 6.61. The van der Waals surface area contributed by atoms with Crippen LogP contribution < -0.4 is 16.0 Å². The van der Waals surface area contributed by atoms with Gasteiger partial charge in [0.15, 0.2) is 5.11 Å². The first-order valence-electron chi connectivity index (χ1n) is 6.75. The average Bonchev–Trinajstić information content (AvgIpc) is 2.52. The predicted molar refractivity (Wildman–Crippen MR) is 90.0 cm³/mol. The van der Waals surface area contributed by atoms with Gasteiger partial charge in [0.1, 0.15) is 0 Å². The molecule has 0 bridgehead atoms. The van der Waals surface area contributed by atoms with E-state index in [-0.39, 0.29) is 17.6 Å². The molecule has 0 saturated heterocycles. The Balaban J connectivity index is 2.58. The number of hydrogen-bond acceptors (Lipinski definition) is 5. The fourth-order valence-electron chi connectivity index (χ4n) is 1.53. The van der Waals surface area contributed by atoms with Crippen molar-refractivity contribution in [1.82, 2.24) is 10.6 Å². The summed E-state index contributed by atoms with van der Waals surface area (Å²) in [5.41, 5.74) is 1.000. The number of amides is 2. The number of hydrogen-bond donors (Lipinski definition) is 3. The minimum Gasteiger partial charge on any atom is -0.463 e. The lowest BCUT2D eigenvalue weighted by molar-refractivity contribution is -0.137. The van der Waals surface area contributed by atoms with Crippen molar-refractivity contribution < 1.29 is 19.1 Å². The molecule has 0 aliphatic heterocycles. The van der Waals surface area contributed by atoms with Gasteiger partial charge in [0.25, 0.3) is 5.91 Å². The van der Waals surface area contributed by atoms with Crippen molar-refractivity contribution >= 4 is 40.8 Å². The van der Waals surface area contributed by atoms with Gasteiger partial charge in [-0.3, -0.25) is 14.9 Å². The van der Waals surface area contributed by atoms with E-state index in [1.165, 1.54) is 7.05 Å². The molecule has 122 valence electrons. The van der Waals surface area contributed by atoms with Crippen molar-refractivity contribution in [3.63, 3.8) is 0 Å². The topological polar surface area (TPSA) is 96.5 Å². The van der Waals surface area contributed by atoms with Crippen LogP contribution in [0.1, 0.15) is 17.3 Å². The van der Waals surface area contributed by atoms with Crippen molar-refractivity contribution in [3.05, 3.63) is 42.0 Å². The Hall–Kier alpha value is -2.74. The summed E-state index contributed by atoms with van der Waals surface area (Å²) >= 11 is 4.99. The smallest absolute Gasteiger partial charge is 0.330 e. The van der Waals surface area contributed by atoms with E-state index in [4.69, 9.17) is 12.2 Å². The van der Waals surface area contributed by atoms with Crippen LogP contribution in [0.5, 0.6) is 0 Å². The number of anilines is 1. The van der Waals surface area contributed by atoms with Gasteiger partial charge in [0, 0.05) is 30.5 Å². The number of benzene rings is 1. The summed E-state index contributed by atoms with van der Waals surface area (Å²) in [5.74, 6) is -1.42. The molecule has 0 aliphatic rings. The SMILES string of the molecule is CCOC(=O)/C=C/C(=O)NC(=S)Nc1cccc(C(=O)NC)c1. The first-order chi connectivity index (χ1) is 11.0. The maximum atomic E-state index is 11.6. The Morgan fingerprint density at radius 1 is 1.26 bits per heavy atom. The number of thiocarbonyl (C=S) groups is 1. The van der Waals surface area contributed by atoms with E-state index in [0.717, 1.165) is 12.2 Å². The van der Waals surface area contributed by atoms with Gasteiger partial charge in [-0.25, -0.2) is 4.79 Å². The molecule has 2 amide bonds. The van der Waals surface area contributed by atoms with Crippen LogP contribution in [-0.2, 0) is 14.3 Å². The average molecular weight is 335 g/mol. The fourth-order valence-corrected chi connectivity index (χ4v) is 1.75. The van der Waals surface area contributed by atoms with Gasteiger partial charge in [-0.1, -0.05) is 6.07 Å². The summed E-state index contributed by atoms with van der Waals surface area (Å²) in [7, 11) is 1.53. The zero-order chi connectivity index (χ0) is 17.2. The minimum atomic E-state index is -0.611. The van der Waals surface area contributed by atoms with Gasteiger partial charge in [-0.15, -0.1) is 0 Å². The Kier molecular flexibility index (Phi) is 7.41. The van der Waals surface area contributed by atoms with Crippen LogP contribution in [0.3, 0.4) is 0 Å². The molecule has 23 heavy (non-hydrogen) atoms. The van der Waals surface area contributed by atoms with E-state index in [2.05, 4.69) is 20.7 Å². The molecule has 0 heterocycles. The summed E-state index contributed by atoms with van der Waals surface area (Å²) in [5, 5.41) is 7.70. The summed E-state index contributed by atoms with van der Waals surface area (Å²) < 4.78 is 4.65. The van der Waals surface area contributed by atoms with Crippen LogP contribution in [-0.4, -0.2) is 36.6 Å². The molecule has 0 spiro atoms. The number of carbonyl (C=O) groups excluding carboxylic acids is 3. The van der Waals surface area contributed by atoms with Crippen LogP contribution in [0.15, 0.2) is 36.4 Å². The van der Waals surface area contributed by atoms with Gasteiger partial charge in [0.05, 0.1) is 6.61 Å². The van der Waals surface area contributed by atoms with Gasteiger partial charge >= 0.3 is 5.97 Å². The second kappa shape index (κ2) is 9.31. The highest BCUT2D eigenvalue weighted by Gasteiger charge is 2.06.